The van der Waals surface area contributed by atoms with Crippen molar-refractivity contribution in [1.29, 1.82) is 0 Å². The molecule has 2 aromatic carbocycles. The van der Waals surface area contributed by atoms with Crippen LogP contribution in [0.25, 0.3) is 11.1 Å². The fraction of sp³-hybridized carbons (Fsp3) is 0.543. The van der Waals surface area contributed by atoms with Gasteiger partial charge in [-0.15, -0.1) is 0 Å². The van der Waals surface area contributed by atoms with Gasteiger partial charge in [0.1, 0.15) is 5.75 Å². The van der Waals surface area contributed by atoms with Crippen molar-refractivity contribution in [3.8, 4) is 16.9 Å². The van der Waals surface area contributed by atoms with Gasteiger partial charge in [-0.25, -0.2) is 0 Å². The number of rotatable bonds is 8. The zero-order valence-corrected chi connectivity index (χ0v) is 25.5. The average molecular weight is 558 g/mol. The summed E-state index contributed by atoms with van der Waals surface area (Å²) in [5.41, 5.74) is 5.05. The van der Waals surface area contributed by atoms with Crippen LogP contribution in [0.1, 0.15) is 95.2 Å². The van der Waals surface area contributed by atoms with Gasteiger partial charge in [0.2, 0.25) is 5.91 Å². The molecule has 2 saturated carbocycles. The minimum Gasteiger partial charge on any atom is -0.496 e. The molecule has 0 spiro atoms. The van der Waals surface area contributed by atoms with E-state index in [1.807, 2.05) is 17.8 Å². The van der Waals surface area contributed by atoms with Gasteiger partial charge in [-0.1, -0.05) is 24.3 Å². The van der Waals surface area contributed by atoms with Crippen LogP contribution in [0.3, 0.4) is 0 Å². The largest absolute Gasteiger partial charge is 0.496 e. The number of aryl methyl sites for hydroxylation is 1. The summed E-state index contributed by atoms with van der Waals surface area (Å²) in [7, 11) is 1.73. The Bertz CT molecular complexity index is 1330. The summed E-state index contributed by atoms with van der Waals surface area (Å²) < 4.78 is 7.44. The van der Waals surface area contributed by atoms with Gasteiger partial charge < -0.3 is 14.7 Å². The first kappa shape index (κ1) is 29.4. The molecule has 5 rings (SSSR count). The summed E-state index contributed by atoms with van der Waals surface area (Å²) in [6, 6.07) is 15.3. The molecule has 1 amide bonds. The summed E-state index contributed by atoms with van der Waals surface area (Å²) in [4.78, 5) is 16.2. The Kier molecular flexibility index (Phi) is 8.88. The maximum Gasteiger partial charge on any atom is 0.230 e. The Balaban J connectivity index is 1.34. The molecule has 1 aromatic heterocycles. The Hall–Kier alpha value is -3.12. The van der Waals surface area contributed by atoms with E-state index in [1.165, 1.54) is 11.1 Å². The van der Waals surface area contributed by atoms with E-state index in [1.54, 1.807) is 7.11 Å². The quantitative estimate of drug-likeness (QED) is 0.308. The van der Waals surface area contributed by atoms with Crippen molar-refractivity contribution in [1.82, 2.24) is 9.78 Å². The second-order valence-electron chi connectivity index (χ2n) is 13.0. The van der Waals surface area contributed by atoms with Crippen LogP contribution in [-0.4, -0.2) is 40.0 Å². The fourth-order valence-corrected chi connectivity index (χ4v) is 6.74. The van der Waals surface area contributed by atoms with Gasteiger partial charge in [-0.2, -0.15) is 5.10 Å². The molecule has 0 saturated heterocycles. The van der Waals surface area contributed by atoms with Crippen LogP contribution in [0.4, 0.5) is 5.69 Å². The lowest BCUT2D eigenvalue weighted by Crippen LogP contribution is -2.43. The number of nitrogens with zero attached hydrogens (tertiary/aromatic N) is 3. The number of methoxy groups -OCH3 is 1. The van der Waals surface area contributed by atoms with Gasteiger partial charge in [0, 0.05) is 36.0 Å². The summed E-state index contributed by atoms with van der Waals surface area (Å²) in [6.07, 6.45) is 11.3. The number of benzene rings is 2. The van der Waals surface area contributed by atoms with Crippen LogP contribution in [0.15, 0.2) is 54.9 Å². The van der Waals surface area contributed by atoms with Gasteiger partial charge in [0.15, 0.2) is 0 Å². The molecule has 1 heterocycles. The van der Waals surface area contributed by atoms with Gasteiger partial charge in [0.25, 0.3) is 0 Å². The molecule has 0 atom stereocenters. The minimum atomic E-state index is -0.656. The van der Waals surface area contributed by atoms with Crippen LogP contribution >= 0.6 is 0 Å². The van der Waals surface area contributed by atoms with E-state index in [4.69, 9.17) is 4.74 Å². The van der Waals surface area contributed by atoms with Crippen molar-refractivity contribution < 1.29 is 14.6 Å². The Morgan fingerprint density at radius 2 is 1.80 bits per heavy atom. The highest BCUT2D eigenvalue weighted by Gasteiger charge is 2.36. The molecule has 3 aromatic rings. The minimum absolute atomic E-state index is 0.0406. The van der Waals surface area contributed by atoms with E-state index in [9.17, 15) is 9.90 Å². The van der Waals surface area contributed by atoms with Crippen molar-refractivity contribution in [2.45, 2.75) is 96.6 Å². The molecule has 220 valence electrons. The lowest BCUT2D eigenvalue weighted by atomic mass is 9.77. The molecule has 6 nitrogen and oxygen atoms in total. The highest BCUT2D eigenvalue weighted by atomic mass is 16.5. The molecular weight excluding hydrogens is 510 g/mol. The van der Waals surface area contributed by atoms with Crippen molar-refractivity contribution in [3.05, 3.63) is 66.0 Å². The van der Waals surface area contributed by atoms with Crippen molar-refractivity contribution in [3.63, 3.8) is 0 Å². The summed E-state index contributed by atoms with van der Waals surface area (Å²) in [5.74, 6) is 2.14. The van der Waals surface area contributed by atoms with Gasteiger partial charge in [-0.05, 0) is 126 Å². The third kappa shape index (κ3) is 6.86. The molecule has 41 heavy (non-hydrogen) atoms. The number of ether oxygens (including phenoxy) is 1. The number of amides is 1. The van der Waals surface area contributed by atoms with E-state index in [0.717, 1.165) is 67.6 Å². The van der Waals surface area contributed by atoms with Gasteiger partial charge >= 0.3 is 0 Å². The first-order chi connectivity index (χ1) is 19.6. The molecule has 0 bridgehead atoms. The average Bonchev–Trinajstić information content (AvgIpc) is 3.47. The molecule has 2 aliphatic rings. The molecule has 2 aliphatic carbocycles. The van der Waals surface area contributed by atoms with E-state index in [0.29, 0.717) is 30.7 Å². The van der Waals surface area contributed by atoms with E-state index >= 15 is 0 Å². The summed E-state index contributed by atoms with van der Waals surface area (Å²) in [5, 5.41) is 15.1. The fourth-order valence-electron chi connectivity index (χ4n) is 6.74. The van der Waals surface area contributed by atoms with Crippen molar-refractivity contribution in [2.75, 3.05) is 18.6 Å². The number of anilines is 1. The second kappa shape index (κ2) is 12.4. The highest BCUT2D eigenvalue weighted by molar-refractivity contribution is 5.95. The molecule has 6 heteroatoms. The van der Waals surface area contributed by atoms with Crippen molar-refractivity contribution >= 4 is 11.6 Å². The second-order valence-corrected chi connectivity index (χ2v) is 13.0. The molecule has 2 fully saturated rings. The van der Waals surface area contributed by atoms with Crippen molar-refractivity contribution in [2.24, 2.45) is 11.8 Å². The Labute approximate surface area is 245 Å². The third-order valence-corrected chi connectivity index (χ3v) is 9.48. The molecule has 0 radical (unpaired) electrons. The number of hydrogen-bond donors (Lipinski definition) is 1. The monoisotopic (exact) mass is 557 g/mol. The normalized spacial score (nSPS) is 24.8. The molecule has 1 N–H and O–H groups in total. The summed E-state index contributed by atoms with van der Waals surface area (Å²) in [6.45, 7) is 9.01. The first-order valence-corrected chi connectivity index (χ1v) is 15.5. The predicted molar refractivity (Wildman–Crippen MR) is 165 cm³/mol. The third-order valence-electron chi connectivity index (χ3n) is 9.48. The first-order valence-electron chi connectivity index (χ1n) is 15.5. The van der Waals surface area contributed by atoms with Crippen LogP contribution in [0.2, 0.25) is 0 Å². The number of carbonyl (C=O) groups is 1. The zero-order chi connectivity index (χ0) is 29.1. The van der Waals surface area contributed by atoms with Crippen LogP contribution < -0.4 is 9.64 Å². The van der Waals surface area contributed by atoms with Crippen LogP contribution in [0, 0.1) is 18.8 Å². The Morgan fingerprint density at radius 1 is 1.07 bits per heavy atom. The smallest absolute Gasteiger partial charge is 0.230 e. The van der Waals surface area contributed by atoms with Crippen LogP contribution in [-0.2, 0) is 4.79 Å². The highest BCUT2D eigenvalue weighted by Crippen LogP contribution is 2.39. The SMILES string of the molecule is COc1ccc(C2CCC(CN(C(=O)C3CCC(C)(O)CC3)c3cccc(-c4cnn(C(C)C)c4)c3)CC2)cc1C. The summed E-state index contributed by atoms with van der Waals surface area (Å²) >= 11 is 0. The zero-order valence-electron chi connectivity index (χ0n) is 25.5. The van der Waals surface area contributed by atoms with Gasteiger partial charge in [-0.3, -0.25) is 9.48 Å². The van der Waals surface area contributed by atoms with E-state index in [2.05, 4.69) is 79.4 Å². The number of aromatic nitrogens is 2. The van der Waals surface area contributed by atoms with Gasteiger partial charge in [0.05, 0.1) is 18.9 Å². The maximum atomic E-state index is 14.1. The van der Waals surface area contributed by atoms with E-state index in [-0.39, 0.29) is 11.8 Å². The Morgan fingerprint density at radius 3 is 2.44 bits per heavy atom. The standard InChI is InChI=1S/C35H47N3O3/c1-24(2)38-23-31(21-36-38)29-7-6-8-32(20-29)37(34(39)28-15-17-35(4,40)18-16-28)22-26-9-11-27(12-10-26)30-13-14-33(41-5)25(3)19-30/h6-8,13-14,19-21,23-24,26-28,40H,9-12,15-18,22H2,1-5H3. The maximum absolute atomic E-state index is 14.1. The van der Waals surface area contributed by atoms with Crippen LogP contribution in [0.5, 0.6) is 5.75 Å². The van der Waals surface area contributed by atoms with E-state index < -0.39 is 5.60 Å². The number of hydrogen-bond acceptors (Lipinski definition) is 4. The lowest BCUT2D eigenvalue weighted by Gasteiger charge is -2.37. The molecule has 0 aliphatic heterocycles. The lowest BCUT2D eigenvalue weighted by molar-refractivity contribution is -0.125. The number of carbonyl (C=O) groups excluding carboxylic acids is 1. The molecule has 0 unspecified atom stereocenters. The number of aliphatic hydroxyl groups is 1. The predicted octanol–water partition coefficient (Wildman–Crippen LogP) is 7.70. The molecular formula is C35H47N3O3. The topological polar surface area (TPSA) is 67.6 Å².